The molecule has 1 saturated carbocycles. The molecule has 2 heterocycles. The lowest BCUT2D eigenvalue weighted by molar-refractivity contribution is -0.130. The first-order chi connectivity index (χ1) is 16.1. The maximum absolute atomic E-state index is 12.5. The van der Waals surface area contributed by atoms with Gasteiger partial charge in [-0.2, -0.15) is 10.1 Å². The predicted octanol–water partition coefficient (Wildman–Crippen LogP) is 4.60. The first kappa shape index (κ1) is 24.7. The van der Waals surface area contributed by atoms with Crippen molar-refractivity contribution >= 4 is 50.4 Å². The summed E-state index contributed by atoms with van der Waals surface area (Å²) in [4.78, 5) is 21.5. The van der Waals surface area contributed by atoms with Crippen LogP contribution in [0.25, 0.3) is 16.7 Å². The highest BCUT2D eigenvalue weighted by atomic mass is 79.9. The molecule has 1 aromatic carbocycles. The van der Waals surface area contributed by atoms with Crippen LogP contribution >= 0.6 is 27.5 Å². The molecular weight excluding hydrogens is 532 g/mol. The smallest absolute Gasteiger partial charge is 0.255 e. The Morgan fingerprint density at radius 2 is 2.18 bits per heavy atom. The minimum atomic E-state index is -2.57. The molecule has 8 nitrogen and oxygen atoms in total. The molecule has 1 aliphatic carbocycles. The van der Waals surface area contributed by atoms with Crippen LogP contribution in [0.2, 0.25) is 5.02 Å². The lowest BCUT2D eigenvalue weighted by Gasteiger charge is -2.23. The number of carbonyl (C=O) groups excluding carboxylic acids is 1. The highest BCUT2D eigenvalue weighted by Gasteiger charge is 2.41. The number of amides is 1. The van der Waals surface area contributed by atoms with E-state index >= 15 is 0 Å². The number of fused-ring (bicyclic) bond motifs is 1. The zero-order chi connectivity index (χ0) is 24.6. The Balaban J connectivity index is 1.58. The van der Waals surface area contributed by atoms with Gasteiger partial charge in [0.2, 0.25) is 11.9 Å². The molecule has 182 valence electrons. The van der Waals surface area contributed by atoms with Gasteiger partial charge in [-0.3, -0.25) is 4.79 Å². The van der Waals surface area contributed by atoms with Gasteiger partial charge in [0.1, 0.15) is 4.60 Å². The topological polar surface area (TPSA) is 111 Å². The number of benzene rings is 1. The fourth-order valence-corrected chi connectivity index (χ4v) is 4.91. The van der Waals surface area contributed by atoms with Crippen molar-refractivity contribution in [1.82, 2.24) is 25.1 Å². The summed E-state index contributed by atoms with van der Waals surface area (Å²) in [6, 6.07) is 5.22. The Kier molecular flexibility index (Phi) is 7.07. The normalized spacial score (nSPS) is 21.2. The molecule has 1 fully saturated rings. The van der Waals surface area contributed by atoms with Crippen molar-refractivity contribution in [2.24, 2.45) is 11.1 Å². The molecule has 0 unspecified atom stereocenters. The number of nitrogens with one attached hydrogen (secondary N) is 2. The summed E-state index contributed by atoms with van der Waals surface area (Å²) in [5, 5.41) is 11.4. The molecule has 34 heavy (non-hydrogen) atoms. The minimum absolute atomic E-state index is 0.0737. The van der Waals surface area contributed by atoms with E-state index in [1.807, 2.05) is 19.1 Å². The molecule has 0 radical (unpaired) electrons. The number of nitrogens with zero attached hydrogens (tertiary/aromatic N) is 4. The molecule has 1 aliphatic rings. The standard InChI is InChI=1S/C22H25BrClF2N7O/c1-11(27)12-5-13(24)7-15(6-12)33-19-16(18(23)32-33)9-29-21(31-19)30-14-3-4-22(2,8-14)20(34)28-10-17(25)26/h5-7,9,11,14,17H,3-4,8,10,27H2,1-2H3,(H,28,34)(H,29,30,31)/t11-,14+,22+/m0/s1. The first-order valence-electron chi connectivity index (χ1n) is 10.9. The van der Waals surface area contributed by atoms with Crippen molar-refractivity contribution in [3.63, 3.8) is 0 Å². The van der Waals surface area contributed by atoms with Crippen LogP contribution in [0.15, 0.2) is 29.0 Å². The number of aromatic nitrogens is 4. The second-order valence-corrected chi connectivity index (χ2v) is 10.1. The van der Waals surface area contributed by atoms with Crippen LogP contribution in [0.1, 0.15) is 44.7 Å². The largest absolute Gasteiger partial charge is 0.351 e. The van der Waals surface area contributed by atoms with E-state index in [2.05, 4.69) is 41.6 Å². The molecule has 0 bridgehead atoms. The molecule has 3 aromatic rings. The molecule has 12 heteroatoms. The third-order valence-corrected chi connectivity index (χ3v) is 6.90. The van der Waals surface area contributed by atoms with Crippen molar-refractivity contribution in [1.29, 1.82) is 0 Å². The Hall–Kier alpha value is -2.37. The average molecular weight is 557 g/mol. The van der Waals surface area contributed by atoms with Crippen LogP contribution in [-0.4, -0.2) is 44.7 Å². The van der Waals surface area contributed by atoms with E-state index in [4.69, 9.17) is 17.3 Å². The minimum Gasteiger partial charge on any atom is -0.351 e. The Morgan fingerprint density at radius 1 is 1.41 bits per heavy atom. The fourth-order valence-electron chi connectivity index (χ4n) is 4.24. The van der Waals surface area contributed by atoms with E-state index < -0.39 is 18.4 Å². The third kappa shape index (κ3) is 5.16. The van der Waals surface area contributed by atoms with Gasteiger partial charge in [-0.05, 0) is 65.9 Å². The quantitative estimate of drug-likeness (QED) is 0.392. The van der Waals surface area contributed by atoms with E-state index in [1.54, 1.807) is 23.9 Å². The van der Waals surface area contributed by atoms with Gasteiger partial charge < -0.3 is 16.4 Å². The fraction of sp³-hybridized carbons (Fsp3) is 0.455. The van der Waals surface area contributed by atoms with Crippen LogP contribution in [0.5, 0.6) is 0 Å². The average Bonchev–Trinajstić information content (AvgIpc) is 3.32. The van der Waals surface area contributed by atoms with Crippen LogP contribution in [-0.2, 0) is 4.79 Å². The molecule has 4 N–H and O–H groups in total. The lowest BCUT2D eigenvalue weighted by Crippen LogP contribution is -2.40. The number of anilines is 1. The van der Waals surface area contributed by atoms with E-state index in [0.717, 1.165) is 10.9 Å². The highest BCUT2D eigenvalue weighted by Crippen LogP contribution is 2.39. The van der Waals surface area contributed by atoms with Gasteiger partial charge >= 0.3 is 0 Å². The van der Waals surface area contributed by atoms with Gasteiger partial charge in [-0.25, -0.2) is 18.4 Å². The number of carbonyl (C=O) groups is 1. The monoisotopic (exact) mass is 555 g/mol. The zero-order valence-corrected chi connectivity index (χ0v) is 21.0. The number of halogens is 4. The van der Waals surface area contributed by atoms with Crippen LogP contribution in [0.3, 0.4) is 0 Å². The number of hydrogen-bond acceptors (Lipinski definition) is 6. The molecule has 0 saturated heterocycles. The summed E-state index contributed by atoms with van der Waals surface area (Å²) in [5.41, 5.74) is 7.46. The van der Waals surface area contributed by atoms with Gasteiger partial charge in [-0.1, -0.05) is 18.5 Å². The summed E-state index contributed by atoms with van der Waals surface area (Å²) in [7, 11) is 0. The number of hydrogen-bond donors (Lipinski definition) is 3. The summed E-state index contributed by atoms with van der Waals surface area (Å²) >= 11 is 9.77. The predicted molar refractivity (Wildman–Crippen MR) is 130 cm³/mol. The van der Waals surface area contributed by atoms with Gasteiger partial charge in [-0.15, -0.1) is 0 Å². The van der Waals surface area contributed by atoms with Gasteiger partial charge in [0, 0.05) is 28.7 Å². The summed E-state index contributed by atoms with van der Waals surface area (Å²) in [5.74, 6) is 0.0270. The Morgan fingerprint density at radius 3 is 2.88 bits per heavy atom. The molecule has 0 aliphatic heterocycles. The number of rotatable bonds is 7. The van der Waals surface area contributed by atoms with Crippen molar-refractivity contribution in [3.8, 4) is 5.69 Å². The van der Waals surface area contributed by atoms with Crippen LogP contribution < -0.4 is 16.4 Å². The molecule has 0 spiro atoms. The number of alkyl halides is 2. The van der Waals surface area contributed by atoms with Crippen molar-refractivity contribution in [2.45, 2.75) is 51.6 Å². The lowest BCUT2D eigenvalue weighted by atomic mass is 9.87. The van der Waals surface area contributed by atoms with Crippen molar-refractivity contribution in [3.05, 3.63) is 39.6 Å². The second kappa shape index (κ2) is 9.71. The van der Waals surface area contributed by atoms with Gasteiger partial charge in [0.15, 0.2) is 5.65 Å². The zero-order valence-electron chi connectivity index (χ0n) is 18.7. The number of nitrogens with two attached hydrogens (primary N) is 1. The molecule has 3 atom stereocenters. The first-order valence-corrected chi connectivity index (χ1v) is 12.0. The van der Waals surface area contributed by atoms with Crippen LogP contribution in [0.4, 0.5) is 14.7 Å². The van der Waals surface area contributed by atoms with E-state index in [0.29, 0.717) is 46.2 Å². The molecule has 4 rings (SSSR count). The SMILES string of the molecule is C[C@H](N)c1cc(Cl)cc(-n2nc(Br)c3cnc(N[C@@H]4CC[C@@](C)(C(=O)NCC(F)F)C4)nc32)c1. The maximum atomic E-state index is 12.5. The van der Waals surface area contributed by atoms with Crippen molar-refractivity contribution < 1.29 is 13.6 Å². The van der Waals surface area contributed by atoms with E-state index in [9.17, 15) is 13.6 Å². The Bertz CT molecular complexity index is 1220. The molecular formula is C22H25BrClF2N7O. The summed E-state index contributed by atoms with van der Waals surface area (Å²) in [6.45, 7) is 3.03. The van der Waals surface area contributed by atoms with Gasteiger partial charge in [0.25, 0.3) is 6.43 Å². The van der Waals surface area contributed by atoms with Gasteiger partial charge in [0.05, 0.1) is 17.6 Å². The second-order valence-electron chi connectivity index (χ2n) is 8.91. The van der Waals surface area contributed by atoms with E-state index in [-0.39, 0.29) is 18.0 Å². The van der Waals surface area contributed by atoms with E-state index in [1.165, 1.54) is 0 Å². The van der Waals surface area contributed by atoms with Crippen molar-refractivity contribution in [2.75, 3.05) is 11.9 Å². The van der Waals surface area contributed by atoms with Crippen LogP contribution in [0, 0.1) is 5.41 Å². The summed E-state index contributed by atoms with van der Waals surface area (Å²) < 4.78 is 27.2. The molecule has 1 amide bonds. The maximum Gasteiger partial charge on any atom is 0.255 e. The molecule has 2 aromatic heterocycles. The Labute approximate surface area is 208 Å². The highest BCUT2D eigenvalue weighted by molar-refractivity contribution is 9.10. The third-order valence-electron chi connectivity index (χ3n) is 6.09. The summed E-state index contributed by atoms with van der Waals surface area (Å²) in [6.07, 6.45) is 0.844.